The smallest absolute Gasteiger partial charge is 0.255 e. The molecule has 0 aliphatic carbocycles. The second kappa shape index (κ2) is 8.96. The second-order valence-electron chi connectivity index (χ2n) is 8.12. The Morgan fingerprint density at radius 2 is 1.94 bits per heavy atom. The normalized spacial score (nSPS) is 13.5. The lowest BCUT2D eigenvalue weighted by molar-refractivity contribution is 0.0793. The van der Waals surface area contributed by atoms with Crippen molar-refractivity contribution in [2.24, 2.45) is 0 Å². The Hall–Kier alpha value is -3.84. The Morgan fingerprint density at radius 1 is 1.12 bits per heavy atom. The number of aliphatic hydroxyl groups is 1. The second-order valence-corrected chi connectivity index (χ2v) is 8.12. The predicted molar refractivity (Wildman–Crippen MR) is 129 cm³/mol. The maximum atomic E-state index is 13.2. The molecule has 5 rings (SSSR count). The lowest BCUT2D eigenvalue weighted by Crippen LogP contribution is -2.28. The largest absolute Gasteiger partial charge is 0.496 e. The summed E-state index contributed by atoms with van der Waals surface area (Å²) in [5.41, 5.74) is 5.76. The van der Waals surface area contributed by atoms with Crippen LogP contribution >= 0.6 is 0 Å². The molecule has 2 aromatic heterocycles. The molecule has 3 N–H and O–H groups in total. The van der Waals surface area contributed by atoms with E-state index < -0.39 is 0 Å². The molecule has 3 heterocycles. The Kier molecular flexibility index (Phi) is 5.71. The highest BCUT2D eigenvalue weighted by molar-refractivity contribution is 6.02. The summed E-state index contributed by atoms with van der Waals surface area (Å²) >= 11 is 0. The van der Waals surface area contributed by atoms with Gasteiger partial charge in [-0.25, -0.2) is 4.98 Å². The SMILES string of the molecule is COc1ccccc1-c1c[nH]c2ncc(-c3ccc(NCO)c(C(=O)N4CCCC4)c3)cc12. The van der Waals surface area contributed by atoms with Gasteiger partial charge in [0.25, 0.3) is 5.91 Å². The molecule has 0 atom stereocenters. The highest BCUT2D eigenvalue weighted by atomic mass is 16.5. The average molecular weight is 443 g/mol. The van der Waals surface area contributed by atoms with Gasteiger partial charge in [-0.3, -0.25) is 4.79 Å². The third-order valence-electron chi connectivity index (χ3n) is 6.17. The number of nitrogens with one attached hydrogen (secondary N) is 2. The Morgan fingerprint density at radius 3 is 2.73 bits per heavy atom. The molecule has 4 aromatic rings. The highest BCUT2D eigenvalue weighted by Crippen LogP contribution is 2.36. The number of amides is 1. The number of fused-ring (bicyclic) bond motifs is 1. The van der Waals surface area contributed by atoms with Crippen molar-refractivity contribution in [3.05, 3.63) is 66.5 Å². The molecule has 1 amide bonds. The van der Waals surface area contributed by atoms with Gasteiger partial charge in [-0.1, -0.05) is 24.3 Å². The van der Waals surface area contributed by atoms with E-state index in [0.717, 1.165) is 65.0 Å². The molecule has 33 heavy (non-hydrogen) atoms. The zero-order chi connectivity index (χ0) is 22.8. The van der Waals surface area contributed by atoms with Gasteiger partial charge in [-0.2, -0.15) is 0 Å². The standard InChI is InChI=1S/C26H26N4O3/c1-33-24-7-3-2-6-19(24)22-15-28-25-20(22)13-18(14-27-25)17-8-9-23(29-16-31)21(12-17)26(32)30-10-4-5-11-30/h2-3,6-9,12-15,29,31H,4-5,10-11,16H2,1H3,(H,27,28). The number of benzene rings is 2. The summed E-state index contributed by atoms with van der Waals surface area (Å²) in [6.07, 6.45) is 5.79. The molecular formula is C26H26N4O3. The fraction of sp³-hybridized carbons (Fsp3) is 0.231. The molecule has 1 aliphatic rings. The first-order valence-electron chi connectivity index (χ1n) is 11.1. The number of pyridine rings is 1. The number of aromatic nitrogens is 2. The minimum absolute atomic E-state index is 0.0179. The van der Waals surface area contributed by atoms with Crippen LogP contribution in [0.1, 0.15) is 23.2 Å². The summed E-state index contributed by atoms with van der Waals surface area (Å²) in [7, 11) is 1.66. The summed E-state index contributed by atoms with van der Waals surface area (Å²) in [6, 6.07) is 15.6. The molecule has 7 heteroatoms. The summed E-state index contributed by atoms with van der Waals surface area (Å²) in [5.74, 6) is 0.775. The van der Waals surface area contributed by atoms with E-state index in [2.05, 4.69) is 21.4 Å². The third-order valence-corrected chi connectivity index (χ3v) is 6.17. The van der Waals surface area contributed by atoms with Crippen molar-refractivity contribution in [2.45, 2.75) is 12.8 Å². The van der Waals surface area contributed by atoms with Crippen molar-refractivity contribution in [1.29, 1.82) is 0 Å². The van der Waals surface area contributed by atoms with Crippen LogP contribution in [0.3, 0.4) is 0 Å². The first-order valence-corrected chi connectivity index (χ1v) is 11.1. The predicted octanol–water partition coefficient (Wildman–Crippen LogP) is 4.50. The average Bonchev–Trinajstić information content (AvgIpc) is 3.54. The first kappa shape index (κ1) is 21.0. The number of hydrogen-bond acceptors (Lipinski definition) is 5. The van der Waals surface area contributed by atoms with Gasteiger partial charge in [0.1, 0.15) is 18.1 Å². The third kappa shape index (κ3) is 3.91. The lowest BCUT2D eigenvalue weighted by atomic mass is 9.99. The molecule has 2 aromatic carbocycles. The molecule has 168 valence electrons. The summed E-state index contributed by atoms with van der Waals surface area (Å²) in [6.45, 7) is 1.29. The Balaban J connectivity index is 1.59. The van der Waals surface area contributed by atoms with Crippen LogP contribution in [0, 0.1) is 0 Å². The van der Waals surface area contributed by atoms with Crippen LogP contribution in [0.4, 0.5) is 5.69 Å². The number of H-pyrrole nitrogens is 1. The van der Waals surface area contributed by atoms with Crippen molar-refractivity contribution in [3.63, 3.8) is 0 Å². The summed E-state index contributed by atoms with van der Waals surface area (Å²) in [4.78, 5) is 22.9. The summed E-state index contributed by atoms with van der Waals surface area (Å²) < 4.78 is 5.56. The van der Waals surface area contributed by atoms with Crippen LogP contribution in [0.2, 0.25) is 0 Å². The van der Waals surface area contributed by atoms with Crippen LogP contribution in [0.5, 0.6) is 5.75 Å². The number of para-hydroxylation sites is 1. The van der Waals surface area contributed by atoms with Crippen LogP contribution in [0.25, 0.3) is 33.3 Å². The van der Waals surface area contributed by atoms with E-state index >= 15 is 0 Å². The van der Waals surface area contributed by atoms with Gasteiger partial charge in [0, 0.05) is 53.2 Å². The van der Waals surface area contributed by atoms with Gasteiger partial charge in [0.15, 0.2) is 0 Å². The quantitative estimate of drug-likeness (QED) is 0.383. The van der Waals surface area contributed by atoms with Crippen molar-refractivity contribution >= 4 is 22.6 Å². The lowest BCUT2D eigenvalue weighted by Gasteiger charge is -2.19. The van der Waals surface area contributed by atoms with Gasteiger partial charge in [0.2, 0.25) is 0 Å². The number of hydrogen-bond donors (Lipinski definition) is 3. The topological polar surface area (TPSA) is 90.5 Å². The Bertz CT molecular complexity index is 1310. The highest BCUT2D eigenvalue weighted by Gasteiger charge is 2.22. The zero-order valence-corrected chi connectivity index (χ0v) is 18.5. The van der Waals surface area contributed by atoms with Gasteiger partial charge < -0.3 is 25.0 Å². The van der Waals surface area contributed by atoms with Crippen LogP contribution < -0.4 is 10.1 Å². The fourth-order valence-electron chi connectivity index (χ4n) is 4.48. The van der Waals surface area contributed by atoms with Gasteiger partial charge >= 0.3 is 0 Å². The number of aromatic amines is 1. The van der Waals surface area contributed by atoms with Crippen LogP contribution in [-0.2, 0) is 0 Å². The van der Waals surface area contributed by atoms with E-state index in [1.807, 2.05) is 59.8 Å². The molecule has 7 nitrogen and oxygen atoms in total. The molecular weight excluding hydrogens is 416 g/mol. The number of rotatable bonds is 6. The van der Waals surface area contributed by atoms with E-state index in [0.29, 0.717) is 11.3 Å². The van der Waals surface area contributed by atoms with Gasteiger partial charge in [-0.05, 0) is 42.7 Å². The monoisotopic (exact) mass is 442 g/mol. The number of carbonyl (C=O) groups excluding carboxylic acids is 1. The number of aliphatic hydroxyl groups excluding tert-OH is 1. The molecule has 0 saturated carbocycles. The van der Waals surface area contributed by atoms with Crippen molar-refractivity contribution in [1.82, 2.24) is 14.9 Å². The minimum Gasteiger partial charge on any atom is -0.496 e. The number of methoxy groups -OCH3 is 1. The minimum atomic E-state index is -0.237. The van der Waals surface area contributed by atoms with Crippen molar-refractivity contribution in [2.75, 3.05) is 32.2 Å². The van der Waals surface area contributed by atoms with Crippen LogP contribution in [0.15, 0.2) is 60.9 Å². The van der Waals surface area contributed by atoms with Gasteiger partial charge in [0.05, 0.1) is 12.7 Å². The fourth-order valence-corrected chi connectivity index (χ4v) is 4.48. The molecule has 1 saturated heterocycles. The van der Waals surface area contributed by atoms with E-state index in [4.69, 9.17) is 4.74 Å². The zero-order valence-electron chi connectivity index (χ0n) is 18.5. The number of carbonyl (C=O) groups is 1. The molecule has 1 aliphatic heterocycles. The maximum Gasteiger partial charge on any atom is 0.255 e. The van der Waals surface area contributed by atoms with Crippen molar-refractivity contribution in [3.8, 4) is 28.0 Å². The molecule has 0 bridgehead atoms. The van der Waals surface area contributed by atoms with Crippen LogP contribution in [-0.4, -0.2) is 52.8 Å². The number of likely N-dealkylation sites (tertiary alicyclic amines) is 1. The maximum absolute atomic E-state index is 13.2. The molecule has 1 fully saturated rings. The summed E-state index contributed by atoms with van der Waals surface area (Å²) in [5, 5.41) is 13.3. The van der Waals surface area contributed by atoms with E-state index in [-0.39, 0.29) is 12.6 Å². The first-order chi connectivity index (χ1) is 16.2. The van der Waals surface area contributed by atoms with Gasteiger partial charge in [-0.15, -0.1) is 0 Å². The molecule has 0 radical (unpaired) electrons. The number of ether oxygens (including phenoxy) is 1. The molecule has 0 unspecified atom stereocenters. The number of nitrogens with zero attached hydrogens (tertiary/aromatic N) is 2. The van der Waals surface area contributed by atoms with Crippen molar-refractivity contribution < 1.29 is 14.6 Å². The van der Waals surface area contributed by atoms with E-state index in [1.54, 1.807) is 7.11 Å². The molecule has 0 spiro atoms. The Labute approximate surface area is 192 Å². The number of anilines is 1. The van der Waals surface area contributed by atoms with E-state index in [9.17, 15) is 9.90 Å². The van der Waals surface area contributed by atoms with E-state index in [1.165, 1.54) is 0 Å².